The van der Waals surface area contributed by atoms with Crippen molar-refractivity contribution in [3.05, 3.63) is 22.8 Å². The van der Waals surface area contributed by atoms with Crippen LogP contribution in [0.15, 0.2) is 22.8 Å². The quantitative estimate of drug-likeness (QED) is 0.746. The van der Waals surface area contributed by atoms with Gasteiger partial charge in [0, 0.05) is 6.61 Å². The van der Waals surface area contributed by atoms with Crippen LogP contribution in [0.5, 0.6) is 0 Å². The highest BCUT2D eigenvalue weighted by Crippen LogP contribution is 2.46. The normalized spacial score (nSPS) is 18.1. The topological polar surface area (TPSA) is 20.2 Å². The Bertz CT molecular complexity index is 318. The first kappa shape index (κ1) is 13.5. The van der Waals surface area contributed by atoms with E-state index in [1.54, 1.807) is 5.57 Å². The average molecular weight is 222 g/mol. The highest BCUT2D eigenvalue weighted by Gasteiger charge is 2.32. The molecule has 1 N–H and O–H groups in total. The van der Waals surface area contributed by atoms with E-state index >= 15 is 0 Å². The highest BCUT2D eigenvalue weighted by atomic mass is 16.2. The first-order chi connectivity index (χ1) is 7.18. The van der Waals surface area contributed by atoms with Gasteiger partial charge in [-0.3, -0.25) is 0 Å². The highest BCUT2D eigenvalue weighted by molar-refractivity contribution is 5.47. The molecule has 0 aromatic carbocycles. The molecule has 1 nitrogen and oxygen atoms in total. The molecule has 92 valence electrons. The first-order valence-corrected chi connectivity index (χ1v) is 6.22. The monoisotopic (exact) mass is 222 g/mol. The molecule has 0 heterocycles. The van der Waals surface area contributed by atoms with Crippen LogP contribution in [0.4, 0.5) is 0 Å². The third kappa shape index (κ3) is 2.76. The molecule has 1 aliphatic rings. The minimum Gasteiger partial charge on any atom is -0.396 e. The lowest BCUT2D eigenvalue weighted by Gasteiger charge is -2.31. The van der Waals surface area contributed by atoms with Crippen LogP contribution in [0.1, 0.15) is 54.4 Å². The average Bonchev–Trinajstić information content (AvgIpc) is 2.46. The van der Waals surface area contributed by atoms with Crippen LogP contribution >= 0.6 is 0 Å². The zero-order valence-corrected chi connectivity index (χ0v) is 11.6. The van der Waals surface area contributed by atoms with Crippen molar-refractivity contribution in [2.75, 3.05) is 6.61 Å². The lowest BCUT2D eigenvalue weighted by molar-refractivity contribution is 0.298. The lowest BCUT2D eigenvalue weighted by Crippen LogP contribution is -2.18. The van der Waals surface area contributed by atoms with Crippen molar-refractivity contribution < 1.29 is 5.11 Å². The molecule has 0 fully saturated rings. The fourth-order valence-electron chi connectivity index (χ4n) is 2.59. The number of rotatable bonds is 2. The maximum Gasteiger partial charge on any atom is 0.0471 e. The molecular formula is C15H26O. The summed E-state index contributed by atoms with van der Waals surface area (Å²) in [5.74, 6) is 0. The third-order valence-electron chi connectivity index (χ3n) is 3.21. The summed E-state index contributed by atoms with van der Waals surface area (Å²) in [7, 11) is 0. The van der Waals surface area contributed by atoms with Crippen LogP contribution in [-0.2, 0) is 0 Å². The second-order valence-electron chi connectivity index (χ2n) is 6.76. The van der Waals surface area contributed by atoms with Gasteiger partial charge in [0.1, 0.15) is 0 Å². The smallest absolute Gasteiger partial charge is 0.0471 e. The lowest BCUT2D eigenvalue weighted by atomic mass is 9.74. The van der Waals surface area contributed by atoms with Gasteiger partial charge in [-0.2, -0.15) is 0 Å². The molecule has 1 heteroatoms. The molecule has 0 saturated carbocycles. The van der Waals surface area contributed by atoms with E-state index < -0.39 is 0 Å². The van der Waals surface area contributed by atoms with E-state index in [2.05, 4.69) is 47.6 Å². The van der Waals surface area contributed by atoms with Crippen molar-refractivity contribution in [1.29, 1.82) is 0 Å². The van der Waals surface area contributed by atoms with Gasteiger partial charge in [-0.15, -0.1) is 0 Å². The summed E-state index contributed by atoms with van der Waals surface area (Å²) in [6.07, 6.45) is 4.16. The Hall–Kier alpha value is -0.560. The summed E-state index contributed by atoms with van der Waals surface area (Å²) in [5, 5.41) is 9.14. The van der Waals surface area contributed by atoms with Gasteiger partial charge >= 0.3 is 0 Å². The molecule has 0 unspecified atom stereocenters. The van der Waals surface area contributed by atoms with E-state index in [9.17, 15) is 0 Å². The van der Waals surface area contributed by atoms with E-state index in [0.717, 1.165) is 12.8 Å². The second kappa shape index (κ2) is 4.37. The number of allylic oxidation sites excluding steroid dienone is 3. The van der Waals surface area contributed by atoms with Gasteiger partial charge < -0.3 is 5.11 Å². The number of aliphatic hydroxyl groups is 1. The maximum absolute atomic E-state index is 9.14. The Balaban J connectivity index is 3.18. The molecule has 1 aliphatic carbocycles. The van der Waals surface area contributed by atoms with E-state index in [0.29, 0.717) is 0 Å². The maximum atomic E-state index is 9.14. The largest absolute Gasteiger partial charge is 0.396 e. The number of hydrogen-bond donors (Lipinski definition) is 1. The Morgan fingerprint density at radius 3 is 2.00 bits per heavy atom. The summed E-state index contributed by atoms with van der Waals surface area (Å²) < 4.78 is 0. The van der Waals surface area contributed by atoms with Crippen molar-refractivity contribution in [3.8, 4) is 0 Å². The Kier molecular flexibility index (Phi) is 3.69. The van der Waals surface area contributed by atoms with Crippen molar-refractivity contribution in [2.45, 2.75) is 54.4 Å². The molecule has 0 spiro atoms. The zero-order chi connectivity index (χ0) is 12.6. The van der Waals surface area contributed by atoms with Crippen molar-refractivity contribution >= 4 is 0 Å². The van der Waals surface area contributed by atoms with E-state index in [1.807, 2.05) is 0 Å². The Labute approximate surface area is 100 Å². The SMILES string of the molecule is CC(C)(C)C1=C(C(C)(C)C)C(CCO)=CC1. The summed E-state index contributed by atoms with van der Waals surface area (Å²) in [4.78, 5) is 0. The molecule has 0 radical (unpaired) electrons. The van der Waals surface area contributed by atoms with E-state index in [1.165, 1.54) is 11.1 Å². The fraction of sp³-hybridized carbons (Fsp3) is 0.733. The van der Waals surface area contributed by atoms with Crippen LogP contribution in [-0.4, -0.2) is 11.7 Å². The molecule has 0 aromatic rings. The van der Waals surface area contributed by atoms with E-state index in [4.69, 9.17) is 5.11 Å². The van der Waals surface area contributed by atoms with Gasteiger partial charge in [-0.1, -0.05) is 53.2 Å². The Morgan fingerprint density at radius 2 is 1.62 bits per heavy atom. The van der Waals surface area contributed by atoms with Crippen LogP contribution in [0.3, 0.4) is 0 Å². The van der Waals surface area contributed by atoms with Gasteiger partial charge in [-0.25, -0.2) is 0 Å². The molecule has 0 aliphatic heterocycles. The Morgan fingerprint density at radius 1 is 1.06 bits per heavy atom. The van der Waals surface area contributed by atoms with Crippen LogP contribution < -0.4 is 0 Å². The molecule has 0 saturated heterocycles. The summed E-state index contributed by atoms with van der Waals surface area (Å²) in [6.45, 7) is 13.9. The summed E-state index contributed by atoms with van der Waals surface area (Å²) >= 11 is 0. The van der Waals surface area contributed by atoms with Gasteiger partial charge in [-0.05, 0) is 34.8 Å². The standard InChI is InChI=1S/C15H26O/c1-14(2,3)12-8-7-11(9-10-16)13(12)15(4,5)6/h7,16H,8-10H2,1-6H3. The predicted octanol–water partition coefficient (Wildman–Crippen LogP) is 4.09. The summed E-state index contributed by atoms with van der Waals surface area (Å²) in [6, 6.07) is 0. The molecule has 0 amide bonds. The van der Waals surface area contributed by atoms with Gasteiger partial charge in [0.25, 0.3) is 0 Å². The molecular weight excluding hydrogens is 196 g/mol. The first-order valence-electron chi connectivity index (χ1n) is 6.22. The molecule has 0 bridgehead atoms. The van der Waals surface area contributed by atoms with E-state index in [-0.39, 0.29) is 17.4 Å². The molecule has 16 heavy (non-hydrogen) atoms. The van der Waals surface area contributed by atoms with Crippen LogP contribution in [0.2, 0.25) is 0 Å². The molecule has 0 aromatic heterocycles. The fourth-order valence-corrected chi connectivity index (χ4v) is 2.59. The van der Waals surface area contributed by atoms with Crippen molar-refractivity contribution in [2.24, 2.45) is 10.8 Å². The minimum absolute atomic E-state index is 0.181. The second-order valence-corrected chi connectivity index (χ2v) is 6.76. The number of aliphatic hydroxyl groups excluding tert-OH is 1. The predicted molar refractivity (Wildman–Crippen MR) is 70.3 cm³/mol. The minimum atomic E-state index is 0.181. The zero-order valence-electron chi connectivity index (χ0n) is 11.6. The van der Waals surface area contributed by atoms with Gasteiger partial charge in [0.05, 0.1) is 0 Å². The summed E-state index contributed by atoms with van der Waals surface area (Å²) in [5.41, 5.74) is 4.80. The van der Waals surface area contributed by atoms with Crippen LogP contribution in [0, 0.1) is 10.8 Å². The van der Waals surface area contributed by atoms with Crippen molar-refractivity contribution in [3.63, 3.8) is 0 Å². The molecule has 1 rings (SSSR count). The van der Waals surface area contributed by atoms with Gasteiger partial charge in [0.15, 0.2) is 0 Å². The van der Waals surface area contributed by atoms with Crippen molar-refractivity contribution in [1.82, 2.24) is 0 Å². The van der Waals surface area contributed by atoms with Gasteiger partial charge in [0.2, 0.25) is 0 Å². The third-order valence-corrected chi connectivity index (χ3v) is 3.21. The van der Waals surface area contributed by atoms with Crippen LogP contribution in [0.25, 0.3) is 0 Å². The number of hydrogen-bond acceptors (Lipinski definition) is 1. The molecule has 0 atom stereocenters.